The predicted octanol–water partition coefficient (Wildman–Crippen LogP) is 0.791. The molecule has 1 aromatic heterocycles. The van der Waals surface area contributed by atoms with Crippen molar-refractivity contribution in [1.82, 2.24) is 15.2 Å². The lowest BCUT2D eigenvalue weighted by Gasteiger charge is -2.33. The molecular weight excluding hydrogens is 254 g/mol. The Morgan fingerprint density at radius 3 is 3.20 bits per heavy atom. The lowest BCUT2D eigenvalue weighted by atomic mass is 9.93. The summed E-state index contributed by atoms with van der Waals surface area (Å²) in [5.74, 6) is 0.315. The smallest absolute Gasteiger partial charge is 0.234 e. The van der Waals surface area contributed by atoms with E-state index in [0.717, 1.165) is 31.5 Å². The van der Waals surface area contributed by atoms with Crippen LogP contribution in [0.5, 0.6) is 0 Å². The zero-order valence-electron chi connectivity index (χ0n) is 12.0. The van der Waals surface area contributed by atoms with Crippen LogP contribution in [0.3, 0.4) is 0 Å². The van der Waals surface area contributed by atoms with E-state index in [1.807, 2.05) is 19.1 Å². The first kappa shape index (κ1) is 14.9. The van der Waals surface area contributed by atoms with E-state index in [9.17, 15) is 9.90 Å². The first-order chi connectivity index (χ1) is 9.65. The van der Waals surface area contributed by atoms with Gasteiger partial charge < -0.3 is 10.4 Å². The van der Waals surface area contributed by atoms with E-state index < -0.39 is 0 Å². The van der Waals surface area contributed by atoms with E-state index in [2.05, 4.69) is 15.2 Å². The van der Waals surface area contributed by atoms with Gasteiger partial charge >= 0.3 is 0 Å². The van der Waals surface area contributed by atoms with Crippen LogP contribution >= 0.6 is 0 Å². The lowest BCUT2D eigenvalue weighted by molar-refractivity contribution is -0.123. The fraction of sp³-hybridized carbons (Fsp3) is 0.600. The van der Waals surface area contributed by atoms with E-state index in [1.165, 1.54) is 0 Å². The van der Waals surface area contributed by atoms with Gasteiger partial charge in [0.05, 0.1) is 12.6 Å². The van der Waals surface area contributed by atoms with Gasteiger partial charge in [-0.3, -0.25) is 14.7 Å². The maximum absolute atomic E-state index is 11.9. The first-order valence-corrected chi connectivity index (χ1v) is 7.21. The largest absolute Gasteiger partial charge is 0.393 e. The van der Waals surface area contributed by atoms with Gasteiger partial charge in [-0.05, 0) is 43.9 Å². The number of piperidine rings is 1. The topological polar surface area (TPSA) is 65.5 Å². The molecule has 2 unspecified atom stereocenters. The van der Waals surface area contributed by atoms with Gasteiger partial charge in [0.15, 0.2) is 0 Å². The third-order valence-corrected chi connectivity index (χ3v) is 3.80. The van der Waals surface area contributed by atoms with Gasteiger partial charge in [0.2, 0.25) is 5.91 Å². The summed E-state index contributed by atoms with van der Waals surface area (Å²) in [4.78, 5) is 18.1. The molecule has 2 heterocycles. The monoisotopic (exact) mass is 277 g/mol. The third kappa shape index (κ3) is 4.58. The average molecular weight is 277 g/mol. The summed E-state index contributed by atoms with van der Waals surface area (Å²) in [6, 6.07) is 3.80. The molecule has 1 aliphatic heterocycles. The Bertz CT molecular complexity index is 422. The first-order valence-electron chi connectivity index (χ1n) is 7.21. The Hall–Kier alpha value is -1.46. The van der Waals surface area contributed by atoms with Gasteiger partial charge in [0.1, 0.15) is 0 Å². The number of aliphatic hydroxyl groups is 1. The van der Waals surface area contributed by atoms with Crippen molar-refractivity contribution in [2.24, 2.45) is 5.92 Å². The number of aliphatic hydroxyl groups excluding tert-OH is 1. The van der Waals surface area contributed by atoms with E-state index >= 15 is 0 Å². The number of aromatic nitrogens is 1. The quantitative estimate of drug-likeness (QED) is 0.835. The minimum Gasteiger partial charge on any atom is -0.393 e. The van der Waals surface area contributed by atoms with Crippen LogP contribution in [-0.4, -0.2) is 46.6 Å². The summed E-state index contributed by atoms with van der Waals surface area (Å²) >= 11 is 0. The minimum absolute atomic E-state index is 0.0279. The number of nitrogens with one attached hydrogen (secondary N) is 1. The van der Waals surface area contributed by atoms with Gasteiger partial charge in [0.25, 0.3) is 0 Å². The SMILES string of the molecule is CC(O)C1CCCN(CC(=O)NCc2cccnc2)C1. The molecule has 5 heteroatoms. The van der Waals surface area contributed by atoms with Crippen molar-refractivity contribution in [2.75, 3.05) is 19.6 Å². The van der Waals surface area contributed by atoms with Crippen LogP contribution < -0.4 is 5.32 Å². The highest BCUT2D eigenvalue weighted by Gasteiger charge is 2.24. The molecule has 0 aromatic carbocycles. The van der Waals surface area contributed by atoms with Gasteiger partial charge in [-0.2, -0.15) is 0 Å². The molecule has 2 rings (SSSR count). The van der Waals surface area contributed by atoms with Gasteiger partial charge in [-0.1, -0.05) is 6.07 Å². The van der Waals surface area contributed by atoms with Crippen molar-refractivity contribution in [3.05, 3.63) is 30.1 Å². The van der Waals surface area contributed by atoms with E-state index in [4.69, 9.17) is 0 Å². The molecule has 110 valence electrons. The van der Waals surface area contributed by atoms with E-state index in [-0.39, 0.29) is 17.9 Å². The highest BCUT2D eigenvalue weighted by atomic mass is 16.3. The van der Waals surface area contributed by atoms with Crippen LogP contribution in [0, 0.1) is 5.92 Å². The molecule has 2 N–H and O–H groups in total. The molecule has 0 aliphatic carbocycles. The number of hydrogen-bond donors (Lipinski definition) is 2. The number of amides is 1. The highest BCUT2D eigenvalue weighted by Crippen LogP contribution is 2.19. The summed E-state index contributed by atoms with van der Waals surface area (Å²) in [5, 5.41) is 12.6. The Morgan fingerprint density at radius 2 is 2.50 bits per heavy atom. The summed E-state index contributed by atoms with van der Waals surface area (Å²) < 4.78 is 0. The predicted molar refractivity (Wildman–Crippen MR) is 76.9 cm³/mol. The molecule has 2 atom stereocenters. The van der Waals surface area contributed by atoms with Crippen LogP contribution in [-0.2, 0) is 11.3 Å². The number of rotatable bonds is 5. The molecule has 1 saturated heterocycles. The Morgan fingerprint density at radius 1 is 1.65 bits per heavy atom. The molecule has 0 spiro atoms. The van der Waals surface area contributed by atoms with Crippen molar-refractivity contribution in [1.29, 1.82) is 0 Å². The maximum Gasteiger partial charge on any atom is 0.234 e. The number of likely N-dealkylation sites (tertiary alicyclic amines) is 1. The third-order valence-electron chi connectivity index (χ3n) is 3.80. The number of carbonyl (C=O) groups is 1. The maximum atomic E-state index is 11.9. The van der Waals surface area contributed by atoms with Crippen LogP contribution in [0.25, 0.3) is 0 Å². The van der Waals surface area contributed by atoms with Crippen molar-refractivity contribution in [2.45, 2.75) is 32.4 Å². The molecule has 0 bridgehead atoms. The molecule has 20 heavy (non-hydrogen) atoms. The Kier molecular flexibility index (Phi) is 5.49. The fourth-order valence-corrected chi connectivity index (χ4v) is 2.59. The number of pyridine rings is 1. The Balaban J connectivity index is 1.74. The molecule has 0 radical (unpaired) electrons. The molecular formula is C15H23N3O2. The Labute approximate surface area is 120 Å². The minimum atomic E-state index is -0.295. The van der Waals surface area contributed by atoms with Gasteiger partial charge in [-0.15, -0.1) is 0 Å². The van der Waals surface area contributed by atoms with Crippen molar-refractivity contribution in [3.8, 4) is 0 Å². The van der Waals surface area contributed by atoms with Gasteiger partial charge in [-0.25, -0.2) is 0 Å². The lowest BCUT2D eigenvalue weighted by Crippen LogP contribution is -2.44. The molecule has 5 nitrogen and oxygen atoms in total. The van der Waals surface area contributed by atoms with E-state index in [0.29, 0.717) is 13.1 Å². The van der Waals surface area contributed by atoms with Crippen LogP contribution in [0.15, 0.2) is 24.5 Å². The normalized spacial score (nSPS) is 21.4. The van der Waals surface area contributed by atoms with E-state index in [1.54, 1.807) is 12.4 Å². The zero-order chi connectivity index (χ0) is 14.4. The van der Waals surface area contributed by atoms with Crippen molar-refractivity contribution >= 4 is 5.91 Å². The highest BCUT2D eigenvalue weighted by molar-refractivity contribution is 5.78. The standard InChI is InChI=1S/C15H23N3O2/c1-12(19)14-5-3-7-18(10-14)11-15(20)17-9-13-4-2-6-16-8-13/h2,4,6,8,12,14,19H,3,5,7,9-11H2,1H3,(H,17,20). The second-order valence-corrected chi connectivity index (χ2v) is 5.52. The number of carbonyl (C=O) groups excluding carboxylic acids is 1. The average Bonchev–Trinajstić information content (AvgIpc) is 2.46. The van der Waals surface area contributed by atoms with Crippen LogP contribution in [0.4, 0.5) is 0 Å². The fourth-order valence-electron chi connectivity index (χ4n) is 2.59. The molecule has 1 aromatic rings. The summed E-state index contributed by atoms with van der Waals surface area (Å²) in [5.41, 5.74) is 1.00. The molecule has 0 saturated carbocycles. The van der Waals surface area contributed by atoms with Crippen molar-refractivity contribution < 1.29 is 9.90 Å². The molecule has 1 aliphatic rings. The van der Waals surface area contributed by atoms with Crippen LogP contribution in [0.2, 0.25) is 0 Å². The summed E-state index contributed by atoms with van der Waals surface area (Å²) in [7, 11) is 0. The van der Waals surface area contributed by atoms with Crippen LogP contribution in [0.1, 0.15) is 25.3 Å². The zero-order valence-corrected chi connectivity index (χ0v) is 12.0. The summed E-state index contributed by atoms with van der Waals surface area (Å²) in [6.07, 6.45) is 5.27. The van der Waals surface area contributed by atoms with Gasteiger partial charge in [0, 0.05) is 25.5 Å². The molecule has 1 amide bonds. The number of hydrogen-bond acceptors (Lipinski definition) is 4. The number of nitrogens with zero attached hydrogens (tertiary/aromatic N) is 2. The summed E-state index contributed by atoms with van der Waals surface area (Å²) in [6.45, 7) is 4.49. The second-order valence-electron chi connectivity index (χ2n) is 5.52. The van der Waals surface area contributed by atoms with Crippen molar-refractivity contribution in [3.63, 3.8) is 0 Å². The molecule has 1 fully saturated rings. The second kappa shape index (κ2) is 7.36.